The van der Waals surface area contributed by atoms with Crippen molar-refractivity contribution in [2.75, 3.05) is 0 Å². The number of H-pyrrole nitrogens is 1. The Kier molecular flexibility index (Phi) is 2.85. The molecule has 0 unspecified atom stereocenters. The molecule has 0 amide bonds. The molecular formula is C12H10N4OS. The lowest BCUT2D eigenvalue weighted by Gasteiger charge is -1.99. The summed E-state index contributed by atoms with van der Waals surface area (Å²) in [5.41, 5.74) is 1.05. The zero-order chi connectivity index (χ0) is 12.4. The minimum Gasteiger partial charge on any atom is -0.291 e. The monoisotopic (exact) mass is 258 g/mol. The van der Waals surface area contributed by atoms with Crippen LogP contribution in [0.25, 0.3) is 5.78 Å². The Labute approximate surface area is 107 Å². The summed E-state index contributed by atoms with van der Waals surface area (Å²) < 4.78 is 1.77. The van der Waals surface area contributed by atoms with Crippen LogP contribution in [0.2, 0.25) is 0 Å². The fourth-order valence-corrected chi connectivity index (χ4v) is 2.48. The molecule has 0 aliphatic carbocycles. The van der Waals surface area contributed by atoms with Crippen molar-refractivity contribution in [1.29, 1.82) is 0 Å². The molecule has 6 heteroatoms. The highest BCUT2D eigenvalue weighted by atomic mass is 32.2. The molecule has 0 aliphatic heterocycles. The number of nitrogens with one attached hydrogen (secondary N) is 1. The summed E-state index contributed by atoms with van der Waals surface area (Å²) in [6.45, 7) is 0. The summed E-state index contributed by atoms with van der Waals surface area (Å²) in [5, 5.41) is 8.75. The van der Waals surface area contributed by atoms with Crippen LogP contribution in [-0.2, 0) is 5.75 Å². The highest BCUT2D eigenvalue weighted by molar-refractivity contribution is 7.98. The first-order valence-electron chi connectivity index (χ1n) is 5.44. The van der Waals surface area contributed by atoms with Gasteiger partial charge in [-0.25, -0.2) is 0 Å². The molecule has 90 valence electrons. The molecule has 0 bridgehead atoms. The van der Waals surface area contributed by atoms with Crippen LogP contribution in [0.1, 0.15) is 5.56 Å². The van der Waals surface area contributed by atoms with Gasteiger partial charge in [-0.1, -0.05) is 42.1 Å². The maximum absolute atomic E-state index is 11.1. The predicted octanol–water partition coefficient (Wildman–Crippen LogP) is 1.71. The number of rotatable bonds is 3. The highest BCUT2D eigenvalue weighted by Crippen LogP contribution is 2.20. The third kappa shape index (κ3) is 2.14. The van der Waals surface area contributed by atoms with Crippen molar-refractivity contribution in [1.82, 2.24) is 19.6 Å². The zero-order valence-electron chi connectivity index (χ0n) is 9.41. The second-order valence-electron chi connectivity index (χ2n) is 3.76. The summed E-state index contributed by atoms with van der Waals surface area (Å²) >= 11 is 1.58. The van der Waals surface area contributed by atoms with E-state index >= 15 is 0 Å². The number of aromatic amines is 1. The topological polar surface area (TPSA) is 63.1 Å². The number of nitrogens with zero attached hydrogens (tertiary/aromatic N) is 3. The molecule has 0 saturated carbocycles. The van der Waals surface area contributed by atoms with E-state index in [1.807, 2.05) is 18.2 Å². The van der Waals surface area contributed by atoms with Gasteiger partial charge in [0.25, 0.3) is 5.56 Å². The molecule has 0 fully saturated rings. The van der Waals surface area contributed by atoms with Crippen molar-refractivity contribution in [2.24, 2.45) is 0 Å². The molecular weight excluding hydrogens is 248 g/mol. The molecule has 0 saturated heterocycles. The van der Waals surface area contributed by atoms with Gasteiger partial charge in [0, 0.05) is 18.0 Å². The highest BCUT2D eigenvalue weighted by Gasteiger charge is 2.06. The van der Waals surface area contributed by atoms with Gasteiger partial charge in [-0.2, -0.15) is 0 Å². The SMILES string of the molecule is O=c1ccn2c(SCc3ccccc3)nnc2[nH]1. The van der Waals surface area contributed by atoms with E-state index in [1.54, 1.807) is 22.4 Å². The third-order valence-electron chi connectivity index (χ3n) is 2.49. The van der Waals surface area contributed by atoms with Gasteiger partial charge in [0.05, 0.1) is 0 Å². The maximum atomic E-state index is 11.1. The Morgan fingerprint density at radius 2 is 2.00 bits per heavy atom. The van der Waals surface area contributed by atoms with Gasteiger partial charge in [-0.05, 0) is 5.56 Å². The molecule has 1 aromatic carbocycles. The van der Waals surface area contributed by atoms with Crippen molar-refractivity contribution in [3.05, 3.63) is 58.5 Å². The normalized spacial score (nSPS) is 10.9. The first kappa shape index (κ1) is 11.0. The second-order valence-corrected chi connectivity index (χ2v) is 4.70. The van der Waals surface area contributed by atoms with E-state index in [0.29, 0.717) is 5.78 Å². The third-order valence-corrected chi connectivity index (χ3v) is 3.50. The van der Waals surface area contributed by atoms with Crippen molar-refractivity contribution in [3.8, 4) is 0 Å². The van der Waals surface area contributed by atoms with Crippen molar-refractivity contribution >= 4 is 17.5 Å². The molecule has 5 nitrogen and oxygen atoms in total. The van der Waals surface area contributed by atoms with Gasteiger partial charge in [-0.3, -0.25) is 14.2 Å². The minimum atomic E-state index is -0.172. The molecule has 0 atom stereocenters. The number of benzene rings is 1. The largest absolute Gasteiger partial charge is 0.291 e. The van der Waals surface area contributed by atoms with Crippen LogP contribution in [0, 0.1) is 0 Å². The first-order chi connectivity index (χ1) is 8.83. The van der Waals surface area contributed by atoms with Crippen molar-refractivity contribution < 1.29 is 0 Å². The molecule has 2 aromatic heterocycles. The van der Waals surface area contributed by atoms with E-state index in [0.717, 1.165) is 10.9 Å². The zero-order valence-corrected chi connectivity index (χ0v) is 10.2. The van der Waals surface area contributed by atoms with Crippen LogP contribution < -0.4 is 5.56 Å². The fraction of sp³-hybridized carbons (Fsp3) is 0.0833. The van der Waals surface area contributed by atoms with E-state index in [4.69, 9.17) is 0 Å². The summed E-state index contributed by atoms with van der Waals surface area (Å²) in [6, 6.07) is 11.6. The van der Waals surface area contributed by atoms with Gasteiger partial charge in [-0.15, -0.1) is 10.2 Å². The van der Waals surface area contributed by atoms with Crippen LogP contribution in [0.4, 0.5) is 0 Å². The summed E-state index contributed by atoms with van der Waals surface area (Å²) in [6.07, 6.45) is 1.68. The van der Waals surface area contributed by atoms with Crippen LogP contribution in [0.5, 0.6) is 0 Å². The molecule has 3 aromatic rings. The Morgan fingerprint density at radius 1 is 1.17 bits per heavy atom. The molecule has 3 rings (SSSR count). The molecule has 2 heterocycles. The van der Waals surface area contributed by atoms with Crippen LogP contribution in [0.15, 0.2) is 52.5 Å². The van der Waals surface area contributed by atoms with Crippen LogP contribution >= 0.6 is 11.8 Å². The summed E-state index contributed by atoms with van der Waals surface area (Å²) in [7, 11) is 0. The van der Waals surface area contributed by atoms with Gasteiger partial charge in [0.15, 0.2) is 5.16 Å². The molecule has 0 spiro atoms. The second kappa shape index (κ2) is 4.66. The van der Waals surface area contributed by atoms with E-state index in [2.05, 4.69) is 27.3 Å². The van der Waals surface area contributed by atoms with E-state index in [9.17, 15) is 4.79 Å². The van der Waals surface area contributed by atoms with Gasteiger partial charge in [0.1, 0.15) is 0 Å². The Balaban J connectivity index is 1.85. The standard InChI is InChI=1S/C12H10N4OS/c17-10-6-7-16-11(13-10)14-15-12(16)18-8-9-4-2-1-3-5-9/h1-7H,8H2,(H,13,14,17). The molecule has 0 aliphatic rings. The smallest absolute Gasteiger partial charge is 0.252 e. The lowest BCUT2D eigenvalue weighted by atomic mass is 10.2. The van der Waals surface area contributed by atoms with Crippen LogP contribution in [0.3, 0.4) is 0 Å². The summed E-state index contributed by atoms with van der Waals surface area (Å²) in [4.78, 5) is 13.8. The van der Waals surface area contributed by atoms with Gasteiger partial charge >= 0.3 is 0 Å². The number of fused-ring (bicyclic) bond motifs is 1. The Bertz CT molecular complexity index is 720. The van der Waals surface area contributed by atoms with Crippen LogP contribution in [-0.4, -0.2) is 19.6 Å². The average Bonchev–Trinajstić information content (AvgIpc) is 2.80. The first-order valence-corrected chi connectivity index (χ1v) is 6.42. The fourth-order valence-electron chi connectivity index (χ4n) is 1.61. The number of hydrogen-bond donors (Lipinski definition) is 1. The van der Waals surface area contributed by atoms with Gasteiger partial charge in [0.2, 0.25) is 5.78 Å². The molecule has 1 N–H and O–H groups in total. The maximum Gasteiger partial charge on any atom is 0.252 e. The van der Waals surface area contributed by atoms with Gasteiger partial charge < -0.3 is 0 Å². The molecule has 18 heavy (non-hydrogen) atoms. The number of thioether (sulfide) groups is 1. The van der Waals surface area contributed by atoms with Crippen molar-refractivity contribution in [3.63, 3.8) is 0 Å². The summed E-state index contributed by atoms with van der Waals surface area (Å²) in [5.74, 6) is 1.29. The predicted molar refractivity (Wildman–Crippen MR) is 69.6 cm³/mol. The lowest BCUT2D eigenvalue weighted by molar-refractivity contribution is 0.916. The average molecular weight is 258 g/mol. The van der Waals surface area contributed by atoms with Crippen molar-refractivity contribution in [2.45, 2.75) is 10.9 Å². The van der Waals surface area contributed by atoms with E-state index < -0.39 is 0 Å². The molecule has 0 radical (unpaired) electrons. The number of hydrogen-bond acceptors (Lipinski definition) is 4. The lowest BCUT2D eigenvalue weighted by Crippen LogP contribution is -2.05. The Morgan fingerprint density at radius 3 is 2.83 bits per heavy atom. The van der Waals surface area contributed by atoms with E-state index in [-0.39, 0.29) is 5.56 Å². The Hall–Kier alpha value is -2.08. The number of aromatic nitrogens is 4. The minimum absolute atomic E-state index is 0.172. The quantitative estimate of drug-likeness (QED) is 0.726. The van der Waals surface area contributed by atoms with E-state index in [1.165, 1.54) is 11.6 Å².